The molecule has 2 aromatic heterocycles. The Bertz CT molecular complexity index is 709. The van der Waals surface area contributed by atoms with Gasteiger partial charge < -0.3 is 10.1 Å². The Labute approximate surface area is 144 Å². The van der Waals surface area contributed by atoms with Crippen LogP contribution in [0.5, 0.6) is 0 Å². The van der Waals surface area contributed by atoms with Crippen molar-refractivity contribution in [1.29, 1.82) is 0 Å². The zero-order valence-corrected chi connectivity index (χ0v) is 14.4. The molecule has 1 N–H and O–H groups in total. The van der Waals surface area contributed by atoms with Crippen LogP contribution in [0.2, 0.25) is 0 Å². The molecule has 4 heterocycles. The number of nitrogens with zero attached hydrogens (tertiary/aromatic N) is 4. The molecule has 0 unspecified atom stereocenters. The first kappa shape index (κ1) is 15.9. The van der Waals surface area contributed by atoms with E-state index >= 15 is 0 Å². The van der Waals surface area contributed by atoms with Crippen LogP contribution in [0.15, 0.2) is 17.8 Å². The summed E-state index contributed by atoms with van der Waals surface area (Å²) in [5.74, 6) is 0.0262. The monoisotopic (exact) mass is 349 g/mol. The Kier molecular flexibility index (Phi) is 4.19. The highest BCUT2D eigenvalue weighted by Crippen LogP contribution is 2.36. The van der Waals surface area contributed by atoms with E-state index in [-0.39, 0.29) is 11.6 Å². The molecule has 1 spiro atoms. The minimum absolute atomic E-state index is 0.0945. The van der Waals surface area contributed by atoms with Crippen molar-refractivity contribution in [2.45, 2.75) is 38.0 Å². The van der Waals surface area contributed by atoms with Crippen LogP contribution >= 0.6 is 11.3 Å². The van der Waals surface area contributed by atoms with E-state index in [0.29, 0.717) is 12.6 Å². The van der Waals surface area contributed by atoms with E-state index in [2.05, 4.69) is 30.5 Å². The fourth-order valence-corrected chi connectivity index (χ4v) is 4.17. The maximum absolute atomic E-state index is 12.9. The van der Waals surface area contributed by atoms with Crippen molar-refractivity contribution >= 4 is 17.3 Å². The smallest absolute Gasteiger partial charge is 0.223 e. The summed E-state index contributed by atoms with van der Waals surface area (Å²) in [5.41, 5.74) is 1.05. The number of likely N-dealkylation sites (tertiary alicyclic amines) is 1. The summed E-state index contributed by atoms with van der Waals surface area (Å²) >= 11 is 1.69. The average molecular weight is 349 g/mol. The summed E-state index contributed by atoms with van der Waals surface area (Å²) in [5, 5.41) is 6.49. The highest BCUT2D eigenvalue weighted by molar-refractivity contribution is 7.09. The lowest BCUT2D eigenvalue weighted by Gasteiger charge is -2.23. The molecular weight excluding hydrogens is 329 g/mol. The Morgan fingerprint density at radius 2 is 2.29 bits per heavy atom. The van der Waals surface area contributed by atoms with E-state index in [1.165, 1.54) is 12.4 Å². The summed E-state index contributed by atoms with van der Waals surface area (Å²) in [6, 6.07) is 0.164. The van der Waals surface area contributed by atoms with Gasteiger partial charge in [0.15, 0.2) is 5.82 Å². The van der Waals surface area contributed by atoms with Crippen LogP contribution in [0.25, 0.3) is 0 Å². The predicted molar refractivity (Wildman–Crippen MR) is 89.4 cm³/mol. The summed E-state index contributed by atoms with van der Waals surface area (Å²) in [7, 11) is 0. The molecule has 128 valence electrons. The minimum atomic E-state index is -0.427. The fourth-order valence-electron chi connectivity index (χ4n) is 3.56. The molecule has 2 saturated heterocycles. The van der Waals surface area contributed by atoms with Crippen LogP contribution in [0, 0.1) is 12.7 Å². The summed E-state index contributed by atoms with van der Waals surface area (Å²) < 4.78 is 19.0. The van der Waals surface area contributed by atoms with Gasteiger partial charge >= 0.3 is 0 Å². The molecule has 0 amide bonds. The van der Waals surface area contributed by atoms with Crippen LogP contribution in [0.3, 0.4) is 0 Å². The largest absolute Gasteiger partial charge is 0.371 e. The maximum atomic E-state index is 12.9. The van der Waals surface area contributed by atoms with Gasteiger partial charge in [-0.25, -0.2) is 19.3 Å². The molecule has 0 bridgehead atoms. The van der Waals surface area contributed by atoms with Gasteiger partial charge in [-0.1, -0.05) is 0 Å². The van der Waals surface area contributed by atoms with E-state index in [1.807, 2.05) is 6.92 Å². The second-order valence-corrected chi connectivity index (χ2v) is 7.65. The molecule has 8 heteroatoms. The van der Waals surface area contributed by atoms with Gasteiger partial charge in [0, 0.05) is 31.4 Å². The molecular formula is C16H20FN5OS. The van der Waals surface area contributed by atoms with Gasteiger partial charge in [-0.3, -0.25) is 4.90 Å². The second-order valence-electron chi connectivity index (χ2n) is 6.58. The molecule has 2 aromatic rings. The number of hydrogen-bond donors (Lipinski definition) is 1. The summed E-state index contributed by atoms with van der Waals surface area (Å²) in [6.45, 7) is 5.49. The lowest BCUT2D eigenvalue weighted by Crippen LogP contribution is -2.33. The highest BCUT2D eigenvalue weighted by Gasteiger charge is 2.45. The van der Waals surface area contributed by atoms with E-state index in [1.54, 1.807) is 11.3 Å². The van der Waals surface area contributed by atoms with Crippen molar-refractivity contribution < 1.29 is 9.13 Å². The molecule has 0 saturated carbocycles. The van der Waals surface area contributed by atoms with Gasteiger partial charge in [0.05, 0.1) is 41.3 Å². The van der Waals surface area contributed by atoms with Gasteiger partial charge in [0.2, 0.25) is 5.95 Å². The zero-order chi connectivity index (χ0) is 16.6. The van der Waals surface area contributed by atoms with Gasteiger partial charge in [-0.15, -0.1) is 11.3 Å². The van der Waals surface area contributed by atoms with Crippen molar-refractivity contribution in [3.63, 3.8) is 0 Å². The van der Waals surface area contributed by atoms with E-state index in [4.69, 9.17) is 4.74 Å². The first-order chi connectivity index (χ1) is 11.6. The summed E-state index contributed by atoms with van der Waals surface area (Å²) in [4.78, 5) is 14.9. The van der Waals surface area contributed by atoms with Crippen molar-refractivity contribution in [3.05, 3.63) is 34.3 Å². The molecule has 2 aliphatic rings. The lowest BCUT2D eigenvalue weighted by atomic mass is 9.97. The van der Waals surface area contributed by atoms with E-state index < -0.39 is 5.82 Å². The van der Waals surface area contributed by atoms with Crippen LogP contribution in [-0.4, -0.2) is 51.2 Å². The molecule has 4 rings (SSSR count). The topological polar surface area (TPSA) is 63.2 Å². The molecule has 0 aliphatic carbocycles. The predicted octanol–water partition coefficient (Wildman–Crippen LogP) is 2.23. The highest BCUT2D eigenvalue weighted by atomic mass is 32.1. The summed E-state index contributed by atoms with van der Waals surface area (Å²) in [6.07, 6.45) is 4.29. The van der Waals surface area contributed by atoms with Gasteiger partial charge in [0.1, 0.15) is 0 Å². The molecule has 0 radical (unpaired) electrons. The quantitative estimate of drug-likeness (QED) is 0.913. The first-order valence-electron chi connectivity index (χ1n) is 8.12. The number of halogens is 1. The number of ether oxygens (including phenoxy) is 1. The van der Waals surface area contributed by atoms with E-state index in [9.17, 15) is 4.39 Å². The van der Waals surface area contributed by atoms with Crippen LogP contribution in [0.4, 0.5) is 10.3 Å². The number of hydrogen-bond acceptors (Lipinski definition) is 7. The number of rotatable bonds is 4. The van der Waals surface area contributed by atoms with E-state index in [0.717, 1.165) is 43.2 Å². The Balaban J connectivity index is 1.33. The normalized spacial score (nSPS) is 27.2. The van der Waals surface area contributed by atoms with Crippen molar-refractivity contribution in [1.82, 2.24) is 19.9 Å². The van der Waals surface area contributed by atoms with Crippen LogP contribution in [0.1, 0.15) is 23.5 Å². The van der Waals surface area contributed by atoms with Crippen molar-refractivity contribution in [2.75, 3.05) is 25.0 Å². The Morgan fingerprint density at radius 1 is 1.46 bits per heavy atom. The third kappa shape index (κ3) is 3.40. The lowest BCUT2D eigenvalue weighted by molar-refractivity contribution is 0.0119. The van der Waals surface area contributed by atoms with Gasteiger partial charge in [0.25, 0.3) is 0 Å². The fraction of sp³-hybridized carbons (Fsp3) is 0.562. The second kappa shape index (κ2) is 6.34. The number of thiazole rings is 1. The number of nitrogens with one attached hydrogen (secondary N) is 1. The average Bonchev–Trinajstić information content (AvgIpc) is 3.25. The molecule has 2 fully saturated rings. The van der Waals surface area contributed by atoms with Crippen molar-refractivity contribution in [3.8, 4) is 0 Å². The van der Waals surface area contributed by atoms with Crippen molar-refractivity contribution in [2.24, 2.45) is 0 Å². The third-order valence-corrected chi connectivity index (χ3v) is 5.43. The maximum Gasteiger partial charge on any atom is 0.223 e. The minimum Gasteiger partial charge on any atom is -0.371 e. The van der Waals surface area contributed by atoms with Crippen LogP contribution in [-0.2, 0) is 11.3 Å². The molecule has 2 atom stereocenters. The molecule has 2 aliphatic heterocycles. The molecule has 6 nitrogen and oxygen atoms in total. The third-order valence-electron chi connectivity index (χ3n) is 4.61. The number of aromatic nitrogens is 3. The van der Waals surface area contributed by atoms with Crippen LogP contribution < -0.4 is 5.32 Å². The Hall–Kier alpha value is -1.64. The zero-order valence-electron chi connectivity index (χ0n) is 13.5. The first-order valence-corrected chi connectivity index (χ1v) is 9.00. The number of anilines is 1. The number of aryl methyl sites for hydroxylation is 1. The van der Waals surface area contributed by atoms with Gasteiger partial charge in [-0.05, 0) is 13.3 Å². The standard InChI is InChI=1S/C16H20FN5OS/c1-11-20-14(9-24-11)7-22-3-2-16(10-22)4-13(8-23-16)21-15-18-5-12(17)6-19-15/h5-6,9,13H,2-4,7-8,10H2,1H3,(H,18,19,21)/t13-,16-/m0/s1. The SMILES string of the molecule is Cc1nc(CN2CC[C@]3(C[C@H](Nc4ncc(F)cn4)CO3)C2)cs1. The Morgan fingerprint density at radius 3 is 3.04 bits per heavy atom. The molecule has 0 aromatic carbocycles. The van der Waals surface area contributed by atoms with Gasteiger partial charge in [-0.2, -0.15) is 0 Å². The molecule has 24 heavy (non-hydrogen) atoms.